The quantitative estimate of drug-likeness (QED) is 0.614. The molecule has 158 valence electrons. The number of hydrogen-bond donors (Lipinski definition) is 1. The Morgan fingerprint density at radius 2 is 2.17 bits per heavy atom. The van der Waals surface area contributed by atoms with E-state index < -0.39 is 0 Å². The fraction of sp³-hybridized carbons (Fsp3) is 0.409. The van der Waals surface area contributed by atoms with Crippen molar-refractivity contribution in [2.45, 2.75) is 32.9 Å². The second-order valence-corrected chi connectivity index (χ2v) is 8.21. The van der Waals surface area contributed by atoms with E-state index in [-0.39, 0.29) is 11.9 Å². The molecule has 4 rings (SSSR count). The van der Waals surface area contributed by atoms with E-state index in [1.54, 1.807) is 12.4 Å². The number of carbonyl (C=O) groups excluding carboxylic acids is 1. The van der Waals surface area contributed by atoms with E-state index in [2.05, 4.69) is 37.6 Å². The van der Waals surface area contributed by atoms with Gasteiger partial charge in [-0.3, -0.25) is 4.79 Å². The van der Waals surface area contributed by atoms with Crippen molar-refractivity contribution in [1.29, 1.82) is 0 Å². The summed E-state index contributed by atoms with van der Waals surface area (Å²) in [5.74, 6) is 1.14. The molecule has 0 spiro atoms. The van der Waals surface area contributed by atoms with Crippen LogP contribution in [0.1, 0.15) is 24.6 Å². The number of amides is 1. The second kappa shape index (κ2) is 9.02. The van der Waals surface area contributed by atoms with Crippen molar-refractivity contribution in [3.63, 3.8) is 0 Å². The molecular formula is C22H27ClN6O. The second-order valence-electron chi connectivity index (χ2n) is 7.78. The zero-order chi connectivity index (χ0) is 21.1. The van der Waals surface area contributed by atoms with Crippen LogP contribution in [0.2, 0.25) is 5.02 Å². The van der Waals surface area contributed by atoms with Crippen LogP contribution in [0.5, 0.6) is 0 Å². The maximum Gasteiger partial charge on any atom is 0.224 e. The Kier molecular flexibility index (Phi) is 6.20. The lowest BCUT2D eigenvalue weighted by atomic mass is 10.1. The number of fused-ring (bicyclic) bond motifs is 1. The smallest absolute Gasteiger partial charge is 0.224 e. The molecule has 0 radical (unpaired) electrons. The average Bonchev–Trinajstić information content (AvgIpc) is 3.20. The van der Waals surface area contributed by atoms with Crippen LogP contribution < -0.4 is 10.2 Å². The number of halogens is 1. The maximum absolute atomic E-state index is 12.8. The Morgan fingerprint density at radius 1 is 1.30 bits per heavy atom. The van der Waals surface area contributed by atoms with Crippen molar-refractivity contribution in [2.75, 3.05) is 31.1 Å². The molecule has 0 aromatic carbocycles. The molecule has 3 aromatic rings. The first kappa shape index (κ1) is 20.6. The zero-order valence-electron chi connectivity index (χ0n) is 17.4. The molecular weight excluding hydrogens is 400 g/mol. The summed E-state index contributed by atoms with van der Waals surface area (Å²) in [5.41, 5.74) is 3.12. The molecule has 4 heterocycles. The summed E-state index contributed by atoms with van der Waals surface area (Å²) in [4.78, 5) is 25.8. The number of anilines is 1. The molecule has 30 heavy (non-hydrogen) atoms. The lowest BCUT2D eigenvalue weighted by Gasteiger charge is -2.41. The molecule has 1 atom stereocenters. The fourth-order valence-corrected chi connectivity index (χ4v) is 4.30. The number of aryl methyl sites for hydroxylation is 1. The monoisotopic (exact) mass is 426 g/mol. The Hall–Kier alpha value is -2.64. The van der Waals surface area contributed by atoms with Gasteiger partial charge in [0, 0.05) is 69.5 Å². The first-order valence-electron chi connectivity index (χ1n) is 10.3. The highest BCUT2D eigenvalue weighted by Gasteiger charge is 2.28. The third-order valence-corrected chi connectivity index (χ3v) is 5.81. The van der Waals surface area contributed by atoms with Crippen LogP contribution in [0.15, 0.2) is 42.9 Å². The SMILES string of the molecule is Cc1cc(Cl)cnc1N1CCN(C(=O)CCNCc2cccc3nccn23)[C@H](C)C1. The first-order valence-corrected chi connectivity index (χ1v) is 10.7. The predicted molar refractivity (Wildman–Crippen MR) is 119 cm³/mol. The van der Waals surface area contributed by atoms with Crippen LogP contribution in [0.25, 0.3) is 5.65 Å². The summed E-state index contributed by atoms with van der Waals surface area (Å²) in [5, 5.41) is 4.03. The lowest BCUT2D eigenvalue weighted by Crippen LogP contribution is -2.54. The first-order chi connectivity index (χ1) is 14.5. The van der Waals surface area contributed by atoms with E-state index in [1.807, 2.05) is 36.2 Å². The fourth-order valence-electron chi connectivity index (χ4n) is 4.09. The van der Waals surface area contributed by atoms with Crippen molar-refractivity contribution in [1.82, 2.24) is 24.6 Å². The van der Waals surface area contributed by atoms with Crippen LogP contribution in [0.4, 0.5) is 5.82 Å². The van der Waals surface area contributed by atoms with Gasteiger partial charge in [0.15, 0.2) is 0 Å². The number of rotatable bonds is 6. The van der Waals surface area contributed by atoms with Crippen molar-refractivity contribution in [2.24, 2.45) is 0 Å². The molecule has 1 aliphatic heterocycles. The third-order valence-electron chi connectivity index (χ3n) is 5.60. The van der Waals surface area contributed by atoms with Crippen molar-refractivity contribution in [3.05, 3.63) is 59.1 Å². The van der Waals surface area contributed by atoms with Gasteiger partial charge in [0.2, 0.25) is 5.91 Å². The van der Waals surface area contributed by atoms with Gasteiger partial charge >= 0.3 is 0 Å². The molecule has 0 unspecified atom stereocenters. The van der Waals surface area contributed by atoms with Crippen molar-refractivity contribution >= 4 is 29.0 Å². The number of hydrogen-bond acceptors (Lipinski definition) is 5. The summed E-state index contributed by atoms with van der Waals surface area (Å²) in [6.07, 6.45) is 5.92. The minimum Gasteiger partial charge on any atom is -0.353 e. The van der Waals surface area contributed by atoms with Crippen LogP contribution >= 0.6 is 11.6 Å². The summed E-state index contributed by atoms with van der Waals surface area (Å²) >= 11 is 6.03. The lowest BCUT2D eigenvalue weighted by molar-refractivity contribution is -0.133. The zero-order valence-corrected chi connectivity index (χ0v) is 18.1. The van der Waals surface area contributed by atoms with E-state index >= 15 is 0 Å². The summed E-state index contributed by atoms with van der Waals surface area (Å²) in [6, 6.07) is 8.13. The number of piperazine rings is 1. The largest absolute Gasteiger partial charge is 0.353 e. The van der Waals surface area contributed by atoms with Crippen LogP contribution in [0.3, 0.4) is 0 Å². The summed E-state index contributed by atoms with van der Waals surface area (Å²) in [7, 11) is 0. The number of pyridine rings is 2. The van der Waals surface area contributed by atoms with Gasteiger partial charge in [-0.1, -0.05) is 17.7 Å². The number of nitrogens with zero attached hydrogens (tertiary/aromatic N) is 5. The molecule has 1 fully saturated rings. The molecule has 3 aromatic heterocycles. The average molecular weight is 427 g/mol. The van der Waals surface area contributed by atoms with Gasteiger partial charge < -0.3 is 19.5 Å². The normalized spacial score (nSPS) is 17.0. The van der Waals surface area contributed by atoms with E-state index in [1.165, 1.54) is 0 Å². The minimum atomic E-state index is 0.142. The van der Waals surface area contributed by atoms with Crippen LogP contribution in [-0.2, 0) is 11.3 Å². The van der Waals surface area contributed by atoms with Crippen LogP contribution in [0, 0.1) is 6.92 Å². The van der Waals surface area contributed by atoms with E-state index in [4.69, 9.17) is 11.6 Å². The predicted octanol–water partition coefficient (Wildman–Crippen LogP) is 2.91. The van der Waals surface area contributed by atoms with Crippen molar-refractivity contribution < 1.29 is 4.79 Å². The molecule has 8 heteroatoms. The summed E-state index contributed by atoms with van der Waals surface area (Å²) in [6.45, 7) is 7.73. The van der Waals surface area contributed by atoms with E-state index in [0.29, 0.717) is 31.1 Å². The number of aromatic nitrogens is 3. The topological polar surface area (TPSA) is 65.8 Å². The van der Waals surface area contributed by atoms with Gasteiger partial charge in [0.1, 0.15) is 11.5 Å². The summed E-state index contributed by atoms with van der Waals surface area (Å²) < 4.78 is 2.06. The molecule has 1 N–H and O–H groups in total. The van der Waals surface area contributed by atoms with Crippen LogP contribution in [-0.4, -0.2) is 57.4 Å². The van der Waals surface area contributed by atoms with Gasteiger partial charge in [-0.2, -0.15) is 0 Å². The Bertz CT molecular complexity index is 1040. The van der Waals surface area contributed by atoms with Gasteiger partial charge in [0.25, 0.3) is 0 Å². The molecule has 1 saturated heterocycles. The van der Waals surface area contributed by atoms with Crippen molar-refractivity contribution in [3.8, 4) is 0 Å². The Morgan fingerprint density at radius 3 is 2.97 bits per heavy atom. The molecule has 0 aliphatic carbocycles. The number of imidazole rings is 1. The number of nitrogens with one attached hydrogen (secondary N) is 1. The Labute approximate surface area is 181 Å². The third kappa shape index (κ3) is 4.42. The highest BCUT2D eigenvalue weighted by molar-refractivity contribution is 6.30. The Balaban J connectivity index is 1.27. The van der Waals surface area contributed by atoms with Gasteiger partial charge in [-0.15, -0.1) is 0 Å². The highest BCUT2D eigenvalue weighted by atomic mass is 35.5. The molecule has 0 bridgehead atoms. The van der Waals surface area contributed by atoms with Gasteiger partial charge in [0.05, 0.1) is 5.02 Å². The standard InChI is InChI=1S/C22H27ClN6O/c1-16-12-18(23)13-26-22(16)27-10-11-28(17(2)15-27)21(30)6-7-24-14-19-4-3-5-20-25-8-9-29(19)20/h3-5,8-9,12-13,17,24H,6-7,10-11,14-15H2,1-2H3/t17-/m1/s1. The highest BCUT2D eigenvalue weighted by Crippen LogP contribution is 2.23. The minimum absolute atomic E-state index is 0.142. The molecule has 1 aliphatic rings. The van der Waals surface area contributed by atoms with Gasteiger partial charge in [-0.05, 0) is 37.6 Å². The number of carbonyl (C=O) groups is 1. The van der Waals surface area contributed by atoms with E-state index in [9.17, 15) is 4.79 Å². The molecule has 7 nitrogen and oxygen atoms in total. The van der Waals surface area contributed by atoms with E-state index in [0.717, 1.165) is 35.8 Å². The molecule has 1 amide bonds. The molecule has 0 saturated carbocycles. The maximum atomic E-state index is 12.8. The van der Waals surface area contributed by atoms with Gasteiger partial charge in [-0.25, -0.2) is 9.97 Å².